The van der Waals surface area contributed by atoms with Gasteiger partial charge in [0.05, 0.1) is 5.69 Å². The number of halogens is 1. The Morgan fingerprint density at radius 2 is 2.00 bits per heavy atom. The van der Waals surface area contributed by atoms with Crippen LogP contribution in [0.5, 0.6) is 0 Å². The molecule has 0 spiro atoms. The number of carbonyl (C=O) groups excluding carboxylic acids is 2. The summed E-state index contributed by atoms with van der Waals surface area (Å²) in [5.74, 6) is -0.849. The average molecular weight is 279 g/mol. The number of nitrogens with one attached hydrogen (secondary N) is 1. The molecule has 5 nitrogen and oxygen atoms in total. The third-order valence-electron chi connectivity index (χ3n) is 3.65. The quantitative estimate of drug-likeness (QED) is 0.793. The van der Waals surface area contributed by atoms with Crippen LogP contribution in [-0.4, -0.2) is 36.9 Å². The molecule has 2 rings (SSSR count). The molecule has 108 valence electrons. The molecule has 1 aromatic carbocycles. The van der Waals surface area contributed by atoms with E-state index in [2.05, 4.69) is 5.32 Å². The Balaban J connectivity index is 2.01. The van der Waals surface area contributed by atoms with Gasteiger partial charge in [-0.3, -0.25) is 9.59 Å². The fourth-order valence-electron chi connectivity index (χ4n) is 2.39. The van der Waals surface area contributed by atoms with Gasteiger partial charge in [0.15, 0.2) is 0 Å². The summed E-state index contributed by atoms with van der Waals surface area (Å²) in [5, 5.41) is 2.62. The van der Waals surface area contributed by atoms with E-state index < -0.39 is 5.82 Å². The predicted octanol–water partition coefficient (Wildman–Crippen LogP) is 1.01. The van der Waals surface area contributed by atoms with Gasteiger partial charge in [-0.2, -0.15) is 0 Å². The van der Waals surface area contributed by atoms with Crippen molar-refractivity contribution in [1.82, 2.24) is 10.2 Å². The first-order chi connectivity index (χ1) is 9.52. The SMILES string of the molecule is CNC(=O)C1CCN(C(=O)c2ccc(N)c(F)c2)CC1. The number of nitrogen functional groups attached to an aromatic ring is 1. The van der Waals surface area contributed by atoms with Gasteiger partial charge in [0.25, 0.3) is 5.91 Å². The van der Waals surface area contributed by atoms with Crippen molar-refractivity contribution in [2.24, 2.45) is 5.92 Å². The third-order valence-corrected chi connectivity index (χ3v) is 3.65. The first kappa shape index (κ1) is 14.3. The highest BCUT2D eigenvalue weighted by molar-refractivity contribution is 5.94. The van der Waals surface area contributed by atoms with Crippen LogP contribution < -0.4 is 11.1 Å². The largest absolute Gasteiger partial charge is 0.396 e. The van der Waals surface area contributed by atoms with Gasteiger partial charge in [-0.15, -0.1) is 0 Å². The second-order valence-electron chi connectivity index (χ2n) is 4.92. The van der Waals surface area contributed by atoms with Crippen molar-refractivity contribution < 1.29 is 14.0 Å². The molecule has 3 N–H and O–H groups in total. The van der Waals surface area contributed by atoms with Crippen LogP contribution in [0.2, 0.25) is 0 Å². The number of amides is 2. The van der Waals surface area contributed by atoms with E-state index in [0.29, 0.717) is 25.9 Å². The van der Waals surface area contributed by atoms with Crippen molar-refractivity contribution >= 4 is 17.5 Å². The molecule has 0 bridgehead atoms. The van der Waals surface area contributed by atoms with Crippen molar-refractivity contribution in [1.29, 1.82) is 0 Å². The lowest BCUT2D eigenvalue weighted by atomic mass is 9.95. The van der Waals surface area contributed by atoms with E-state index in [4.69, 9.17) is 5.73 Å². The van der Waals surface area contributed by atoms with E-state index in [-0.39, 0.29) is 29.0 Å². The van der Waals surface area contributed by atoms with Crippen molar-refractivity contribution in [2.45, 2.75) is 12.8 Å². The van der Waals surface area contributed by atoms with Gasteiger partial charge >= 0.3 is 0 Å². The monoisotopic (exact) mass is 279 g/mol. The normalized spacial score (nSPS) is 16.0. The summed E-state index contributed by atoms with van der Waals surface area (Å²) in [6, 6.07) is 4.06. The molecule has 20 heavy (non-hydrogen) atoms. The van der Waals surface area contributed by atoms with Gasteiger partial charge in [-0.05, 0) is 31.0 Å². The molecule has 1 aromatic rings. The summed E-state index contributed by atoms with van der Waals surface area (Å²) >= 11 is 0. The molecule has 1 saturated heterocycles. The number of piperidine rings is 1. The minimum atomic E-state index is -0.587. The zero-order valence-corrected chi connectivity index (χ0v) is 11.4. The number of rotatable bonds is 2. The molecule has 0 radical (unpaired) electrons. The molecular weight excluding hydrogens is 261 g/mol. The highest BCUT2D eigenvalue weighted by atomic mass is 19.1. The fourth-order valence-corrected chi connectivity index (χ4v) is 2.39. The number of likely N-dealkylation sites (tertiary alicyclic amines) is 1. The van der Waals surface area contributed by atoms with Gasteiger partial charge in [0.1, 0.15) is 5.82 Å². The van der Waals surface area contributed by atoms with Crippen LogP contribution in [-0.2, 0) is 4.79 Å². The summed E-state index contributed by atoms with van der Waals surface area (Å²) in [6.45, 7) is 1.01. The second-order valence-corrected chi connectivity index (χ2v) is 4.92. The highest BCUT2D eigenvalue weighted by Gasteiger charge is 2.27. The first-order valence-corrected chi connectivity index (χ1v) is 6.59. The van der Waals surface area contributed by atoms with Crippen LogP contribution in [0, 0.1) is 11.7 Å². The van der Waals surface area contributed by atoms with Crippen LogP contribution in [0.15, 0.2) is 18.2 Å². The van der Waals surface area contributed by atoms with E-state index in [1.54, 1.807) is 11.9 Å². The van der Waals surface area contributed by atoms with Crippen molar-refractivity contribution in [2.75, 3.05) is 25.9 Å². The summed E-state index contributed by atoms with van der Waals surface area (Å²) in [7, 11) is 1.61. The molecule has 0 aromatic heterocycles. The number of carbonyl (C=O) groups is 2. The summed E-state index contributed by atoms with van der Waals surface area (Å²) < 4.78 is 13.4. The maximum atomic E-state index is 13.4. The maximum Gasteiger partial charge on any atom is 0.253 e. The van der Waals surface area contributed by atoms with Gasteiger partial charge in [-0.1, -0.05) is 0 Å². The van der Waals surface area contributed by atoms with Crippen LogP contribution in [0.1, 0.15) is 23.2 Å². The number of hydrogen-bond acceptors (Lipinski definition) is 3. The minimum absolute atomic E-state index is 0.00984. The lowest BCUT2D eigenvalue weighted by Crippen LogP contribution is -2.42. The lowest BCUT2D eigenvalue weighted by molar-refractivity contribution is -0.125. The van der Waals surface area contributed by atoms with Crippen LogP contribution in [0.25, 0.3) is 0 Å². The Bertz CT molecular complexity index is 525. The van der Waals surface area contributed by atoms with Crippen molar-refractivity contribution in [3.63, 3.8) is 0 Å². The molecule has 1 aliphatic rings. The third kappa shape index (κ3) is 2.89. The van der Waals surface area contributed by atoms with Crippen LogP contribution >= 0.6 is 0 Å². The highest BCUT2D eigenvalue weighted by Crippen LogP contribution is 2.20. The zero-order valence-electron chi connectivity index (χ0n) is 11.4. The lowest BCUT2D eigenvalue weighted by Gasteiger charge is -2.31. The van der Waals surface area contributed by atoms with E-state index in [0.717, 1.165) is 6.07 Å². The summed E-state index contributed by atoms with van der Waals surface area (Å²) in [4.78, 5) is 25.4. The standard InChI is InChI=1S/C14H18FN3O2/c1-17-13(19)9-4-6-18(7-5-9)14(20)10-2-3-12(16)11(15)8-10/h2-3,8-9H,4-7,16H2,1H3,(H,17,19). The van der Waals surface area contributed by atoms with Gasteiger partial charge in [-0.25, -0.2) is 4.39 Å². The van der Waals surface area contributed by atoms with Crippen LogP contribution in [0.3, 0.4) is 0 Å². The Hall–Kier alpha value is -2.11. The molecule has 1 aliphatic heterocycles. The first-order valence-electron chi connectivity index (χ1n) is 6.59. The molecule has 1 fully saturated rings. The number of hydrogen-bond donors (Lipinski definition) is 2. The number of anilines is 1. The Morgan fingerprint density at radius 1 is 1.35 bits per heavy atom. The molecule has 0 saturated carbocycles. The Labute approximate surface area is 116 Å². The smallest absolute Gasteiger partial charge is 0.253 e. The number of nitrogens with two attached hydrogens (primary N) is 1. The Morgan fingerprint density at radius 3 is 2.55 bits per heavy atom. The van der Waals surface area contributed by atoms with Crippen molar-refractivity contribution in [3.05, 3.63) is 29.6 Å². The molecule has 0 atom stereocenters. The minimum Gasteiger partial charge on any atom is -0.396 e. The van der Waals surface area contributed by atoms with Crippen molar-refractivity contribution in [3.8, 4) is 0 Å². The van der Waals surface area contributed by atoms with Crippen LogP contribution in [0.4, 0.5) is 10.1 Å². The maximum absolute atomic E-state index is 13.4. The van der Waals surface area contributed by atoms with E-state index in [1.807, 2.05) is 0 Å². The van der Waals surface area contributed by atoms with Gasteiger partial charge in [0.2, 0.25) is 5.91 Å². The molecule has 0 aliphatic carbocycles. The summed E-state index contributed by atoms with van der Waals surface area (Å²) in [6.07, 6.45) is 1.26. The molecule has 6 heteroatoms. The molecular formula is C14H18FN3O2. The molecule has 2 amide bonds. The summed E-state index contributed by atoms with van der Waals surface area (Å²) in [5.41, 5.74) is 5.70. The molecule has 1 heterocycles. The second kappa shape index (κ2) is 5.90. The topological polar surface area (TPSA) is 75.4 Å². The van der Waals surface area contributed by atoms with E-state index in [9.17, 15) is 14.0 Å². The van der Waals surface area contributed by atoms with E-state index in [1.165, 1.54) is 12.1 Å². The predicted molar refractivity (Wildman–Crippen MR) is 73.5 cm³/mol. The zero-order chi connectivity index (χ0) is 14.7. The van der Waals surface area contributed by atoms with E-state index >= 15 is 0 Å². The molecule has 0 unspecified atom stereocenters. The fraction of sp³-hybridized carbons (Fsp3) is 0.429. The average Bonchev–Trinajstić information content (AvgIpc) is 2.48. The number of benzene rings is 1. The van der Waals surface area contributed by atoms with Gasteiger partial charge in [0, 0.05) is 31.6 Å². The van der Waals surface area contributed by atoms with Gasteiger partial charge < -0.3 is 16.0 Å². The number of nitrogens with zero attached hydrogens (tertiary/aromatic N) is 1. The Kier molecular flexibility index (Phi) is 4.22.